The van der Waals surface area contributed by atoms with Crippen molar-refractivity contribution in [3.05, 3.63) is 75.3 Å². The number of aliphatic carboxylic acids is 1. The Labute approximate surface area is 185 Å². The number of thiophene rings is 1. The van der Waals surface area contributed by atoms with Crippen LogP contribution in [0, 0.1) is 20.8 Å². The summed E-state index contributed by atoms with van der Waals surface area (Å²) >= 11 is 1.66. The zero-order valence-electron chi connectivity index (χ0n) is 17.8. The average Bonchev–Trinajstić information content (AvgIpc) is 3.21. The Balaban J connectivity index is 1.86. The summed E-state index contributed by atoms with van der Waals surface area (Å²) in [5, 5.41) is 19.0. The van der Waals surface area contributed by atoms with Crippen LogP contribution in [0.25, 0.3) is 5.00 Å². The van der Waals surface area contributed by atoms with Crippen molar-refractivity contribution in [1.29, 1.82) is 0 Å². The van der Waals surface area contributed by atoms with Gasteiger partial charge in [-0.1, -0.05) is 30.3 Å². The van der Waals surface area contributed by atoms with E-state index < -0.39 is 12.0 Å². The smallest absolute Gasteiger partial charge is 0.306 e. The largest absolute Gasteiger partial charge is 0.481 e. The highest BCUT2D eigenvalue weighted by molar-refractivity contribution is 7.15. The van der Waals surface area contributed by atoms with Gasteiger partial charge in [0.15, 0.2) is 5.82 Å². The van der Waals surface area contributed by atoms with Crippen LogP contribution in [0.15, 0.2) is 41.5 Å². The molecule has 3 heterocycles. The Morgan fingerprint density at radius 1 is 1.23 bits per heavy atom. The summed E-state index contributed by atoms with van der Waals surface area (Å²) in [7, 11) is 0. The predicted molar refractivity (Wildman–Crippen MR) is 122 cm³/mol. The van der Waals surface area contributed by atoms with Crippen molar-refractivity contribution in [2.75, 3.05) is 0 Å². The standard InChI is InChI=1S/C23H25N5O2S/c1-13-14(2)31-23-20(13)21(17-9-7-16(8-10-17)6-4-5-11-24)25-18(12-19(29)30)22-27-26-15(3)28(22)23/h5,7-11,18H,4,6,12,24H2,1-3H3,(H,29,30)/b11-5-. The molecule has 0 radical (unpaired) electrons. The van der Waals surface area contributed by atoms with E-state index in [-0.39, 0.29) is 6.42 Å². The molecular weight excluding hydrogens is 410 g/mol. The molecule has 7 nitrogen and oxygen atoms in total. The van der Waals surface area contributed by atoms with Gasteiger partial charge in [0, 0.05) is 16.0 Å². The van der Waals surface area contributed by atoms with Gasteiger partial charge in [0.1, 0.15) is 16.9 Å². The van der Waals surface area contributed by atoms with Gasteiger partial charge in [0.05, 0.1) is 12.1 Å². The van der Waals surface area contributed by atoms with E-state index in [0.717, 1.165) is 46.1 Å². The number of nitrogens with two attached hydrogens (primary N) is 1. The molecule has 0 fully saturated rings. The number of fused-ring (bicyclic) bond motifs is 3. The molecule has 1 aliphatic heterocycles. The third-order valence-electron chi connectivity index (χ3n) is 5.57. The van der Waals surface area contributed by atoms with Crippen LogP contribution in [0.3, 0.4) is 0 Å². The number of nitrogens with zero attached hydrogens (tertiary/aromatic N) is 4. The van der Waals surface area contributed by atoms with Crippen molar-refractivity contribution < 1.29 is 9.90 Å². The molecule has 31 heavy (non-hydrogen) atoms. The molecule has 160 valence electrons. The number of allylic oxidation sites excluding steroid dienone is 1. The summed E-state index contributed by atoms with van der Waals surface area (Å²) in [6.45, 7) is 6.07. The van der Waals surface area contributed by atoms with Gasteiger partial charge in [0.2, 0.25) is 0 Å². The Morgan fingerprint density at radius 3 is 2.65 bits per heavy atom. The fourth-order valence-corrected chi connectivity index (χ4v) is 5.08. The van der Waals surface area contributed by atoms with Crippen LogP contribution in [-0.2, 0) is 11.2 Å². The van der Waals surface area contributed by atoms with Gasteiger partial charge in [0.25, 0.3) is 0 Å². The summed E-state index contributed by atoms with van der Waals surface area (Å²) in [5.74, 6) is 0.386. The topological polar surface area (TPSA) is 106 Å². The molecule has 8 heteroatoms. The zero-order valence-corrected chi connectivity index (χ0v) is 18.6. The quantitative estimate of drug-likeness (QED) is 0.608. The highest BCUT2D eigenvalue weighted by Gasteiger charge is 2.32. The van der Waals surface area contributed by atoms with E-state index in [2.05, 4.69) is 48.3 Å². The average molecular weight is 436 g/mol. The van der Waals surface area contributed by atoms with E-state index >= 15 is 0 Å². The van der Waals surface area contributed by atoms with Crippen molar-refractivity contribution in [3.63, 3.8) is 0 Å². The molecule has 0 spiro atoms. The maximum atomic E-state index is 11.6. The first kappa shape index (κ1) is 21.0. The molecule has 0 saturated carbocycles. The second-order valence-electron chi connectivity index (χ2n) is 7.66. The highest BCUT2D eigenvalue weighted by atomic mass is 32.1. The lowest BCUT2D eigenvalue weighted by Gasteiger charge is -2.11. The van der Waals surface area contributed by atoms with Crippen molar-refractivity contribution >= 4 is 23.0 Å². The molecule has 0 amide bonds. The van der Waals surface area contributed by atoms with E-state index in [4.69, 9.17) is 10.7 Å². The van der Waals surface area contributed by atoms with E-state index in [9.17, 15) is 9.90 Å². The van der Waals surface area contributed by atoms with Crippen molar-refractivity contribution in [3.8, 4) is 5.00 Å². The highest BCUT2D eigenvalue weighted by Crippen LogP contribution is 2.39. The number of hydrogen-bond acceptors (Lipinski definition) is 6. The Bertz CT molecular complexity index is 1190. The maximum Gasteiger partial charge on any atom is 0.306 e. The number of carboxylic acid groups (broad SMARTS) is 1. The van der Waals surface area contributed by atoms with Crippen LogP contribution in [0.1, 0.15) is 57.7 Å². The molecule has 0 bridgehead atoms. The molecule has 1 aliphatic rings. The van der Waals surface area contributed by atoms with Crippen LogP contribution in [-0.4, -0.2) is 31.6 Å². The fourth-order valence-electron chi connectivity index (χ4n) is 3.87. The van der Waals surface area contributed by atoms with Crippen molar-refractivity contribution in [2.24, 2.45) is 10.7 Å². The molecule has 1 aromatic carbocycles. The van der Waals surface area contributed by atoms with Gasteiger partial charge in [-0.3, -0.25) is 14.4 Å². The normalized spacial score (nSPS) is 15.5. The summed E-state index contributed by atoms with van der Waals surface area (Å²) < 4.78 is 1.97. The lowest BCUT2D eigenvalue weighted by atomic mass is 9.98. The van der Waals surface area contributed by atoms with Crippen LogP contribution < -0.4 is 5.73 Å². The van der Waals surface area contributed by atoms with E-state index in [1.165, 1.54) is 10.4 Å². The van der Waals surface area contributed by atoms with Crippen LogP contribution >= 0.6 is 11.3 Å². The number of benzene rings is 1. The van der Waals surface area contributed by atoms with Crippen LogP contribution in [0.5, 0.6) is 0 Å². The van der Waals surface area contributed by atoms with Gasteiger partial charge in [-0.25, -0.2) is 0 Å². The molecule has 1 unspecified atom stereocenters. The van der Waals surface area contributed by atoms with E-state index in [1.54, 1.807) is 17.5 Å². The third kappa shape index (κ3) is 3.90. The van der Waals surface area contributed by atoms with Crippen LogP contribution in [0.2, 0.25) is 0 Å². The molecule has 3 N–H and O–H groups in total. The minimum atomic E-state index is -0.915. The molecular formula is C23H25N5O2S. The molecule has 0 aliphatic carbocycles. The fraction of sp³-hybridized carbons (Fsp3) is 0.304. The SMILES string of the molecule is Cc1sc2c(c1C)C(c1ccc(CC/C=C\N)cc1)=NC(CC(=O)O)c1nnc(C)n1-2. The molecule has 0 saturated heterocycles. The van der Waals surface area contributed by atoms with E-state index in [1.807, 2.05) is 17.6 Å². The third-order valence-corrected chi connectivity index (χ3v) is 6.76. The first-order valence-electron chi connectivity index (χ1n) is 10.2. The number of rotatable bonds is 6. The van der Waals surface area contributed by atoms with Gasteiger partial charge in [-0.15, -0.1) is 21.5 Å². The van der Waals surface area contributed by atoms with Crippen molar-refractivity contribution in [2.45, 2.75) is 46.1 Å². The lowest BCUT2D eigenvalue weighted by molar-refractivity contribution is -0.137. The molecule has 2 aromatic heterocycles. The summed E-state index contributed by atoms with van der Waals surface area (Å²) in [4.78, 5) is 17.7. The number of aliphatic imine (C=N–C) groups is 1. The number of aryl methyl sites for hydroxylation is 3. The first-order valence-corrected chi connectivity index (χ1v) is 11.0. The Hall–Kier alpha value is -3.26. The number of carbonyl (C=O) groups is 1. The van der Waals surface area contributed by atoms with Crippen LogP contribution in [0.4, 0.5) is 0 Å². The summed E-state index contributed by atoms with van der Waals surface area (Å²) in [5.41, 5.74) is 10.6. The number of hydrogen-bond donors (Lipinski definition) is 2. The van der Waals surface area contributed by atoms with Crippen molar-refractivity contribution in [1.82, 2.24) is 14.8 Å². The molecule has 1 atom stereocenters. The first-order chi connectivity index (χ1) is 14.9. The second-order valence-corrected chi connectivity index (χ2v) is 8.86. The predicted octanol–water partition coefficient (Wildman–Crippen LogP) is 4.03. The molecule has 3 aromatic rings. The number of carboxylic acids is 1. The summed E-state index contributed by atoms with van der Waals surface area (Å²) in [6, 6.07) is 7.71. The summed E-state index contributed by atoms with van der Waals surface area (Å²) in [6.07, 6.45) is 5.17. The molecule has 4 rings (SSSR count). The lowest BCUT2D eigenvalue weighted by Crippen LogP contribution is -2.10. The maximum absolute atomic E-state index is 11.6. The second kappa shape index (κ2) is 8.47. The monoisotopic (exact) mass is 435 g/mol. The van der Waals surface area contributed by atoms with Gasteiger partial charge in [-0.05, 0) is 50.9 Å². The minimum absolute atomic E-state index is 0.141. The van der Waals surface area contributed by atoms with Gasteiger partial charge < -0.3 is 10.8 Å². The number of aromatic nitrogens is 3. The van der Waals surface area contributed by atoms with E-state index in [0.29, 0.717) is 5.82 Å². The Morgan fingerprint density at radius 2 is 1.97 bits per heavy atom. The minimum Gasteiger partial charge on any atom is -0.481 e. The van der Waals surface area contributed by atoms with Gasteiger partial charge >= 0.3 is 5.97 Å². The Kier molecular flexibility index (Phi) is 5.73. The van der Waals surface area contributed by atoms with Gasteiger partial charge in [-0.2, -0.15) is 0 Å². The zero-order chi connectivity index (χ0) is 22.1.